The van der Waals surface area contributed by atoms with Crippen molar-refractivity contribution in [3.8, 4) is 10.6 Å². The Morgan fingerprint density at radius 3 is 2.62 bits per heavy atom. The maximum absolute atomic E-state index is 14.2. The van der Waals surface area contributed by atoms with Crippen LogP contribution in [-0.4, -0.2) is 28.9 Å². The molecule has 8 heteroatoms. The van der Waals surface area contributed by atoms with Crippen LogP contribution in [0.3, 0.4) is 0 Å². The number of carbonyl (C=O) groups excluding carboxylic acids is 2. The van der Waals surface area contributed by atoms with Crippen LogP contribution >= 0.6 is 22.9 Å². The van der Waals surface area contributed by atoms with E-state index in [2.05, 4.69) is 10.2 Å². The lowest BCUT2D eigenvalue weighted by molar-refractivity contribution is 0.0984. The van der Waals surface area contributed by atoms with Crippen LogP contribution in [0.15, 0.2) is 42.5 Å². The summed E-state index contributed by atoms with van der Waals surface area (Å²) < 4.78 is 14.2. The van der Waals surface area contributed by atoms with Gasteiger partial charge in [-0.2, -0.15) is 0 Å². The molecule has 2 aromatic carbocycles. The summed E-state index contributed by atoms with van der Waals surface area (Å²) in [5.41, 5.74) is 1.21. The molecule has 0 saturated heterocycles. The lowest BCUT2D eigenvalue weighted by atomic mass is 10.2. The third-order valence-corrected chi connectivity index (χ3v) is 4.97. The minimum absolute atomic E-state index is 0.111. The maximum atomic E-state index is 14.2. The Morgan fingerprint density at radius 1 is 1.23 bits per heavy atom. The standard InChI is InChI=1S/C18H13ClFN3O2S/c1-2-23(17(25)13-4-3-5-14(19)15(13)20)18-22-21-16(26-18)12-8-6-11(10-24)7-9-12/h3-10H,2H2,1H3. The minimum atomic E-state index is -0.758. The summed E-state index contributed by atoms with van der Waals surface area (Å²) in [4.78, 5) is 24.8. The second kappa shape index (κ2) is 7.72. The van der Waals surface area contributed by atoms with Crippen LogP contribution in [-0.2, 0) is 0 Å². The van der Waals surface area contributed by atoms with Crippen LogP contribution < -0.4 is 4.90 Å². The smallest absolute Gasteiger partial charge is 0.263 e. The predicted octanol–water partition coefficient (Wildman–Crippen LogP) is 4.48. The van der Waals surface area contributed by atoms with Crippen molar-refractivity contribution in [1.82, 2.24) is 10.2 Å². The SMILES string of the molecule is CCN(C(=O)c1cccc(Cl)c1F)c1nnc(-c2ccc(C=O)cc2)s1. The van der Waals surface area contributed by atoms with Crippen LogP contribution in [0.25, 0.3) is 10.6 Å². The number of nitrogens with zero attached hydrogens (tertiary/aromatic N) is 3. The van der Waals surface area contributed by atoms with E-state index >= 15 is 0 Å². The van der Waals surface area contributed by atoms with Gasteiger partial charge in [0.05, 0.1) is 10.6 Å². The number of rotatable bonds is 5. The van der Waals surface area contributed by atoms with E-state index in [-0.39, 0.29) is 10.6 Å². The zero-order valence-electron chi connectivity index (χ0n) is 13.6. The number of anilines is 1. The number of aldehydes is 1. The van der Waals surface area contributed by atoms with E-state index in [0.717, 1.165) is 11.8 Å². The average molecular weight is 390 g/mol. The van der Waals surface area contributed by atoms with E-state index in [1.807, 2.05) is 0 Å². The fourth-order valence-electron chi connectivity index (χ4n) is 2.33. The Balaban J connectivity index is 1.91. The van der Waals surface area contributed by atoms with Gasteiger partial charge in [-0.05, 0) is 19.1 Å². The Morgan fingerprint density at radius 2 is 1.96 bits per heavy atom. The lowest BCUT2D eigenvalue weighted by Gasteiger charge is -2.17. The van der Waals surface area contributed by atoms with E-state index in [4.69, 9.17) is 11.6 Å². The molecule has 1 amide bonds. The Kier molecular flexibility index (Phi) is 5.39. The Labute approximate surface area is 158 Å². The molecule has 3 rings (SSSR count). The molecular weight excluding hydrogens is 377 g/mol. The highest BCUT2D eigenvalue weighted by atomic mass is 35.5. The van der Waals surface area contributed by atoms with Gasteiger partial charge in [0, 0.05) is 17.7 Å². The van der Waals surface area contributed by atoms with Gasteiger partial charge in [0.25, 0.3) is 5.91 Å². The van der Waals surface area contributed by atoms with Crippen LogP contribution in [0.2, 0.25) is 5.02 Å². The van der Waals surface area contributed by atoms with Crippen molar-refractivity contribution in [2.45, 2.75) is 6.92 Å². The molecule has 0 unspecified atom stereocenters. The van der Waals surface area contributed by atoms with Crippen molar-refractivity contribution in [3.63, 3.8) is 0 Å². The second-order valence-electron chi connectivity index (χ2n) is 5.28. The van der Waals surface area contributed by atoms with Crippen LogP contribution in [0.5, 0.6) is 0 Å². The summed E-state index contributed by atoms with van der Waals surface area (Å²) in [6, 6.07) is 11.1. The van der Waals surface area contributed by atoms with Crippen LogP contribution in [0, 0.1) is 5.82 Å². The van der Waals surface area contributed by atoms with E-state index in [1.54, 1.807) is 31.2 Å². The van der Waals surface area contributed by atoms with Gasteiger partial charge in [0.1, 0.15) is 11.3 Å². The fraction of sp³-hybridized carbons (Fsp3) is 0.111. The average Bonchev–Trinajstić information content (AvgIpc) is 3.14. The molecule has 132 valence electrons. The zero-order chi connectivity index (χ0) is 18.7. The molecule has 0 aliphatic heterocycles. The van der Waals surface area contributed by atoms with Gasteiger partial charge >= 0.3 is 0 Å². The van der Waals surface area contributed by atoms with E-state index < -0.39 is 11.7 Å². The molecule has 0 aliphatic rings. The van der Waals surface area contributed by atoms with Gasteiger partial charge in [-0.25, -0.2) is 4.39 Å². The highest BCUT2D eigenvalue weighted by Crippen LogP contribution is 2.30. The van der Waals surface area contributed by atoms with Crippen molar-refractivity contribution in [2.24, 2.45) is 0 Å². The lowest BCUT2D eigenvalue weighted by Crippen LogP contribution is -2.31. The maximum Gasteiger partial charge on any atom is 0.263 e. The van der Waals surface area contributed by atoms with Gasteiger partial charge in [-0.15, -0.1) is 10.2 Å². The molecule has 0 saturated carbocycles. The molecule has 1 aromatic heterocycles. The van der Waals surface area contributed by atoms with Crippen LogP contribution in [0.1, 0.15) is 27.6 Å². The predicted molar refractivity (Wildman–Crippen MR) is 99.5 cm³/mol. The van der Waals surface area contributed by atoms with Crippen molar-refractivity contribution >= 4 is 40.3 Å². The fourth-order valence-corrected chi connectivity index (χ4v) is 3.41. The van der Waals surface area contributed by atoms with Gasteiger partial charge < -0.3 is 0 Å². The monoisotopic (exact) mass is 389 g/mol. The van der Waals surface area contributed by atoms with Gasteiger partial charge in [-0.3, -0.25) is 14.5 Å². The number of hydrogen-bond donors (Lipinski definition) is 0. The summed E-state index contributed by atoms with van der Waals surface area (Å²) in [6.07, 6.45) is 0.756. The first kappa shape index (κ1) is 18.2. The highest BCUT2D eigenvalue weighted by Gasteiger charge is 2.24. The van der Waals surface area contributed by atoms with Crippen molar-refractivity contribution in [2.75, 3.05) is 11.4 Å². The van der Waals surface area contributed by atoms with E-state index in [0.29, 0.717) is 22.2 Å². The molecule has 0 N–H and O–H groups in total. The first-order valence-electron chi connectivity index (χ1n) is 7.70. The normalized spacial score (nSPS) is 10.6. The quantitative estimate of drug-likeness (QED) is 0.604. The number of hydrogen-bond acceptors (Lipinski definition) is 5. The molecule has 1 heterocycles. The first-order chi connectivity index (χ1) is 12.5. The molecule has 0 fully saturated rings. The van der Waals surface area contributed by atoms with Crippen molar-refractivity contribution in [3.05, 3.63) is 64.4 Å². The van der Waals surface area contributed by atoms with Crippen molar-refractivity contribution < 1.29 is 14.0 Å². The third kappa shape index (κ3) is 3.49. The summed E-state index contributed by atoms with van der Waals surface area (Å²) in [6.45, 7) is 2.06. The number of benzene rings is 2. The summed E-state index contributed by atoms with van der Waals surface area (Å²) in [5.74, 6) is -1.29. The Hall–Kier alpha value is -2.64. The van der Waals surface area contributed by atoms with E-state index in [1.165, 1.54) is 34.4 Å². The molecule has 26 heavy (non-hydrogen) atoms. The topological polar surface area (TPSA) is 63.2 Å². The van der Waals surface area contributed by atoms with Gasteiger partial charge in [0.15, 0.2) is 5.82 Å². The largest absolute Gasteiger partial charge is 0.298 e. The second-order valence-corrected chi connectivity index (χ2v) is 6.64. The molecular formula is C18H13ClFN3O2S. The number of carbonyl (C=O) groups is 2. The minimum Gasteiger partial charge on any atom is -0.298 e. The van der Waals surface area contributed by atoms with Gasteiger partial charge in [0.2, 0.25) is 5.13 Å². The molecule has 3 aromatic rings. The number of aromatic nitrogens is 2. The Bertz CT molecular complexity index is 959. The molecule has 5 nitrogen and oxygen atoms in total. The van der Waals surface area contributed by atoms with Crippen LogP contribution in [0.4, 0.5) is 9.52 Å². The molecule has 0 radical (unpaired) electrons. The number of amides is 1. The van der Waals surface area contributed by atoms with Gasteiger partial charge in [-0.1, -0.05) is 53.3 Å². The highest BCUT2D eigenvalue weighted by molar-refractivity contribution is 7.18. The third-order valence-electron chi connectivity index (χ3n) is 3.68. The number of halogens is 2. The molecule has 0 bridgehead atoms. The molecule has 0 atom stereocenters. The first-order valence-corrected chi connectivity index (χ1v) is 8.89. The van der Waals surface area contributed by atoms with Crippen molar-refractivity contribution in [1.29, 1.82) is 0 Å². The van der Waals surface area contributed by atoms with E-state index in [9.17, 15) is 14.0 Å². The zero-order valence-corrected chi connectivity index (χ0v) is 15.2. The molecule has 0 spiro atoms. The summed E-state index contributed by atoms with van der Waals surface area (Å²) in [7, 11) is 0. The summed E-state index contributed by atoms with van der Waals surface area (Å²) in [5, 5.41) is 8.98. The molecule has 0 aliphatic carbocycles. The summed E-state index contributed by atoms with van der Waals surface area (Å²) >= 11 is 6.97.